The molecule has 4 rings (SSSR count). The third-order valence-corrected chi connectivity index (χ3v) is 6.75. The smallest absolute Gasteiger partial charge is 0.255 e. The lowest BCUT2D eigenvalue weighted by molar-refractivity contribution is 0.102. The first kappa shape index (κ1) is 18.4. The largest absolute Gasteiger partial charge is 0.322 e. The summed E-state index contributed by atoms with van der Waals surface area (Å²) in [6.45, 7) is 0.485. The number of nitrogens with zero attached hydrogens (tertiary/aromatic N) is 2. The third kappa shape index (κ3) is 3.84. The second kappa shape index (κ2) is 7.59. The summed E-state index contributed by atoms with van der Waals surface area (Å²) in [7, 11) is -3.29. The first-order valence-corrected chi connectivity index (χ1v) is 10.9. The van der Waals surface area contributed by atoms with Crippen molar-refractivity contribution in [2.45, 2.75) is 19.3 Å². The zero-order chi connectivity index (χ0) is 19.6. The van der Waals surface area contributed by atoms with Gasteiger partial charge in [-0.1, -0.05) is 12.5 Å². The van der Waals surface area contributed by atoms with E-state index in [0.717, 1.165) is 23.7 Å². The number of hydrogen-bond acceptors (Lipinski definition) is 4. The van der Waals surface area contributed by atoms with Crippen LogP contribution in [0.3, 0.4) is 0 Å². The molecule has 1 fully saturated rings. The summed E-state index contributed by atoms with van der Waals surface area (Å²) in [5.41, 5.74) is 2.63. The van der Waals surface area contributed by atoms with E-state index >= 15 is 0 Å². The third-order valence-electron chi connectivity index (χ3n) is 4.88. The van der Waals surface area contributed by atoms with Gasteiger partial charge < -0.3 is 5.32 Å². The van der Waals surface area contributed by atoms with Gasteiger partial charge in [-0.3, -0.25) is 14.1 Å². The predicted molar refractivity (Wildman–Crippen MR) is 111 cm³/mol. The number of sulfonamides is 1. The summed E-state index contributed by atoms with van der Waals surface area (Å²) >= 11 is 0. The fraction of sp³-hybridized carbons (Fsp3) is 0.238. The van der Waals surface area contributed by atoms with Gasteiger partial charge in [0, 0.05) is 29.4 Å². The van der Waals surface area contributed by atoms with E-state index in [1.165, 1.54) is 4.31 Å². The maximum absolute atomic E-state index is 12.6. The van der Waals surface area contributed by atoms with E-state index in [4.69, 9.17) is 0 Å². The topological polar surface area (TPSA) is 79.4 Å². The van der Waals surface area contributed by atoms with E-state index in [0.29, 0.717) is 29.9 Å². The van der Waals surface area contributed by atoms with Crippen LogP contribution in [0.15, 0.2) is 60.8 Å². The van der Waals surface area contributed by atoms with Gasteiger partial charge in [0.25, 0.3) is 5.91 Å². The molecule has 6 nitrogen and oxygen atoms in total. The second-order valence-corrected chi connectivity index (χ2v) is 8.87. The van der Waals surface area contributed by atoms with Crippen LogP contribution in [0.4, 0.5) is 11.4 Å². The molecule has 144 valence electrons. The van der Waals surface area contributed by atoms with Crippen LogP contribution in [0.2, 0.25) is 0 Å². The Morgan fingerprint density at radius 2 is 1.82 bits per heavy atom. The van der Waals surface area contributed by atoms with Crippen molar-refractivity contribution in [1.82, 2.24) is 4.98 Å². The number of nitrogens with one attached hydrogen (secondary N) is 1. The van der Waals surface area contributed by atoms with Crippen molar-refractivity contribution in [2.24, 2.45) is 0 Å². The molecule has 0 bridgehead atoms. The van der Waals surface area contributed by atoms with Gasteiger partial charge in [-0.05, 0) is 61.4 Å². The van der Waals surface area contributed by atoms with E-state index in [2.05, 4.69) is 10.3 Å². The van der Waals surface area contributed by atoms with Gasteiger partial charge in [-0.15, -0.1) is 0 Å². The lowest BCUT2D eigenvalue weighted by atomic mass is 10.1. The molecule has 0 aliphatic carbocycles. The molecule has 28 heavy (non-hydrogen) atoms. The van der Waals surface area contributed by atoms with Crippen molar-refractivity contribution < 1.29 is 13.2 Å². The Morgan fingerprint density at radius 1 is 1.00 bits per heavy atom. The Balaban J connectivity index is 1.52. The fourth-order valence-electron chi connectivity index (χ4n) is 3.39. The number of pyridine rings is 1. The number of aromatic nitrogens is 1. The number of rotatable bonds is 3. The minimum atomic E-state index is -3.29. The van der Waals surface area contributed by atoms with Crippen LogP contribution in [-0.4, -0.2) is 31.6 Å². The Labute approximate surface area is 164 Å². The number of carbonyl (C=O) groups excluding carboxylic acids is 1. The number of benzene rings is 2. The van der Waals surface area contributed by atoms with Crippen LogP contribution >= 0.6 is 0 Å². The van der Waals surface area contributed by atoms with Gasteiger partial charge in [-0.25, -0.2) is 8.42 Å². The molecule has 2 heterocycles. The lowest BCUT2D eigenvalue weighted by Gasteiger charge is -2.22. The molecule has 7 heteroatoms. The van der Waals surface area contributed by atoms with Gasteiger partial charge in [0.1, 0.15) is 0 Å². The number of carbonyl (C=O) groups is 1. The highest BCUT2D eigenvalue weighted by Gasteiger charge is 2.24. The van der Waals surface area contributed by atoms with Crippen molar-refractivity contribution in [3.63, 3.8) is 0 Å². The minimum Gasteiger partial charge on any atom is -0.322 e. The van der Waals surface area contributed by atoms with Crippen LogP contribution in [-0.2, 0) is 10.0 Å². The molecule has 0 radical (unpaired) electrons. The number of anilines is 2. The number of amides is 1. The van der Waals surface area contributed by atoms with Gasteiger partial charge in [0.15, 0.2) is 0 Å². The molecule has 0 spiro atoms. The molecule has 2 aromatic carbocycles. The van der Waals surface area contributed by atoms with Crippen LogP contribution < -0.4 is 9.62 Å². The average Bonchev–Trinajstić information content (AvgIpc) is 2.88. The standard InChI is InChI=1S/C21H21N3O3S/c25-21(23-18-8-11-20-17(15-18)5-4-12-22-20)16-6-9-19(10-7-16)24-13-2-1-3-14-28(24,26)27/h4-12,15H,1-3,13-14H2,(H,23,25). The molecule has 3 aromatic rings. The molecule has 1 aromatic heterocycles. The summed E-state index contributed by atoms with van der Waals surface area (Å²) in [5.74, 6) is -0.0694. The first-order valence-electron chi connectivity index (χ1n) is 9.30. The van der Waals surface area contributed by atoms with Gasteiger partial charge >= 0.3 is 0 Å². The van der Waals surface area contributed by atoms with Crippen LogP contribution in [0.5, 0.6) is 0 Å². The lowest BCUT2D eigenvalue weighted by Crippen LogP contribution is -2.32. The maximum atomic E-state index is 12.6. The molecule has 1 aliphatic rings. The van der Waals surface area contributed by atoms with E-state index < -0.39 is 10.0 Å². The molecule has 0 unspecified atom stereocenters. The Morgan fingerprint density at radius 3 is 2.64 bits per heavy atom. The number of hydrogen-bond donors (Lipinski definition) is 1. The molecule has 0 saturated carbocycles. The van der Waals surface area contributed by atoms with E-state index in [1.54, 1.807) is 30.5 Å². The van der Waals surface area contributed by atoms with Gasteiger partial charge in [0.2, 0.25) is 10.0 Å². The normalized spacial score (nSPS) is 16.5. The van der Waals surface area contributed by atoms with Crippen molar-refractivity contribution >= 4 is 38.2 Å². The molecular formula is C21H21N3O3S. The quantitative estimate of drug-likeness (QED) is 0.731. The SMILES string of the molecule is O=C(Nc1ccc2ncccc2c1)c1ccc(N2CCCCCS2(=O)=O)cc1. The highest BCUT2D eigenvalue weighted by atomic mass is 32.2. The molecular weight excluding hydrogens is 374 g/mol. The van der Waals surface area contributed by atoms with E-state index in [-0.39, 0.29) is 11.7 Å². The zero-order valence-electron chi connectivity index (χ0n) is 15.3. The Kier molecular flexibility index (Phi) is 5.00. The Hall–Kier alpha value is -2.93. The monoisotopic (exact) mass is 395 g/mol. The molecule has 0 atom stereocenters. The molecule has 1 saturated heterocycles. The van der Waals surface area contributed by atoms with E-state index in [9.17, 15) is 13.2 Å². The van der Waals surface area contributed by atoms with Crippen LogP contribution in [0, 0.1) is 0 Å². The van der Waals surface area contributed by atoms with Crippen molar-refractivity contribution in [2.75, 3.05) is 21.9 Å². The molecule has 1 aliphatic heterocycles. The first-order chi connectivity index (χ1) is 13.5. The highest BCUT2D eigenvalue weighted by Crippen LogP contribution is 2.24. The fourth-order valence-corrected chi connectivity index (χ4v) is 5.03. The summed E-state index contributed by atoms with van der Waals surface area (Å²) < 4.78 is 26.3. The average molecular weight is 395 g/mol. The summed E-state index contributed by atoms with van der Waals surface area (Å²) in [6, 6.07) is 16.0. The predicted octanol–water partition coefficient (Wildman–Crippen LogP) is 3.81. The summed E-state index contributed by atoms with van der Waals surface area (Å²) in [5, 5.41) is 3.82. The van der Waals surface area contributed by atoms with Gasteiger partial charge in [0.05, 0.1) is 17.0 Å². The van der Waals surface area contributed by atoms with Crippen molar-refractivity contribution in [3.8, 4) is 0 Å². The molecule has 1 amide bonds. The molecule has 1 N–H and O–H groups in total. The Bertz CT molecular complexity index is 1110. The summed E-state index contributed by atoms with van der Waals surface area (Å²) in [4.78, 5) is 16.8. The van der Waals surface area contributed by atoms with Gasteiger partial charge in [-0.2, -0.15) is 0 Å². The van der Waals surface area contributed by atoms with Crippen molar-refractivity contribution in [1.29, 1.82) is 0 Å². The van der Waals surface area contributed by atoms with Crippen LogP contribution in [0.1, 0.15) is 29.6 Å². The summed E-state index contributed by atoms with van der Waals surface area (Å²) in [6.07, 6.45) is 4.18. The number of fused-ring (bicyclic) bond motifs is 1. The minimum absolute atomic E-state index is 0.173. The maximum Gasteiger partial charge on any atom is 0.255 e. The highest BCUT2D eigenvalue weighted by molar-refractivity contribution is 7.92. The van der Waals surface area contributed by atoms with E-state index in [1.807, 2.05) is 30.3 Å². The van der Waals surface area contributed by atoms with Crippen LogP contribution in [0.25, 0.3) is 10.9 Å². The second-order valence-electron chi connectivity index (χ2n) is 6.86. The van der Waals surface area contributed by atoms with Crippen molar-refractivity contribution in [3.05, 3.63) is 66.4 Å². The zero-order valence-corrected chi connectivity index (χ0v) is 16.2.